The molecule has 7 heteroatoms. The molecule has 2 aromatic rings. The van der Waals surface area contributed by atoms with E-state index >= 15 is 0 Å². The van der Waals surface area contributed by atoms with Crippen molar-refractivity contribution in [2.24, 2.45) is 0 Å². The first-order valence-corrected chi connectivity index (χ1v) is 6.73. The zero-order chi connectivity index (χ0) is 14.7. The molecule has 0 aliphatic heterocycles. The molecule has 0 fully saturated rings. The fourth-order valence-corrected chi connectivity index (χ4v) is 2.19. The average Bonchev–Trinajstić information content (AvgIpc) is 2.41. The highest BCUT2D eigenvalue weighted by molar-refractivity contribution is 6.43. The van der Waals surface area contributed by atoms with E-state index in [4.69, 9.17) is 34.8 Å². The minimum atomic E-state index is -0.466. The van der Waals surface area contributed by atoms with Crippen molar-refractivity contribution < 1.29 is 4.92 Å². The monoisotopic (exact) mass is 330 g/mol. The summed E-state index contributed by atoms with van der Waals surface area (Å²) in [6, 6.07) is 9.47. The van der Waals surface area contributed by atoms with Crippen LogP contribution in [-0.2, 0) is 6.54 Å². The standard InChI is InChI=1S/C13H9Cl3N2O2/c14-10-5-4-9(18(19)20)6-8(10)7-17-12-3-1-2-11(15)13(12)16/h1-6,17H,7H2. The van der Waals surface area contributed by atoms with Gasteiger partial charge in [0.25, 0.3) is 5.69 Å². The van der Waals surface area contributed by atoms with Gasteiger partial charge in [0.05, 0.1) is 20.7 Å². The maximum Gasteiger partial charge on any atom is 0.269 e. The predicted molar refractivity (Wildman–Crippen MR) is 81.9 cm³/mol. The van der Waals surface area contributed by atoms with E-state index in [9.17, 15) is 10.1 Å². The number of nitrogens with one attached hydrogen (secondary N) is 1. The molecule has 0 radical (unpaired) electrons. The lowest BCUT2D eigenvalue weighted by atomic mass is 10.2. The number of nitrogens with zero attached hydrogens (tertiary/aromatic N) is 1. The predicted octanol–water partition coefficient (Wildman–Crippen LogP) is 5.17. The number of halogens is 3. The summed E-state index contributed by atoms with van der Waals surface area (Å²) >= 11 is 18.0. The van der Waals surface area contributed by atoms with Crippen molar-refractivity contribution in [2.75, 3.05) is 5.32 Å². The second-order valence-corrected chi connectivity index (χ2v) is 5.18. The molecule has 0 saturated heterocycles. The third-order valence-electron chi connectivity index (χ3n) is 2.66. The molecule has 0 aromatic heterocycles. The number of hydrogen-bond donors (Lipinski definition) is 1. The lowest BCUT2D eigenvalue weighted by Gasteiger charge is -2.10. The molecule has 0 atom stereocenters. The van der Waals surface area contributed by atoms with Crippen LogP contribution in [0.3, 0.4) is 0 Å². The van der Waals surface area contributed by atoms with Gasteiger partial charge in [-0.2, -0.15) is 0 Å². The molecule has 0 aliphatic rings. The van der Waals surface area contributed by atoms with E-state index in [-0.39, 0.29) is 5.69 Å². The van der Waals surface area contributed by atoms with Crippen LogP contribution in [0, 0.1) is 10.1 Å². The van der Waals surface area contributed by atoms with E-state index in [0.717, 1.165) is 0 Å². The van der Waals surface area contributed by atoms with Crippen molar-refractivity contribution in [2.45, 2.75) is 6.54 Å². The number of anilines is 1. The molecule has 2 rings (SSSR count). The largest absolute Gasteiger partial charge is 0.380 e. The van der Waals surface area contributed by atoms with Gasteiger partial charge < -0.3 is 5.32 Å². The molecule has 0 aliphatic carbocycles. The zero-order valence-corrected chi connectivity index (χ0v) is 12.3. The molecule has 0 bridgehead atoms. The van der Waals surface area contributed by atoms with Crippen LogP contribution in [-0.4, -0.2) is 4.92 Å². The van der Waals surface area contributed by atoms with Gasteiger partial charge in [-0.3, -0.25) is 10.1 Å². The SMILES string of the molecule is O=[N+]([O-])c1ccc(Cl)c(CNc2cccc(Cl)c2Cl)c1. The second-order valence-electron chi connectivity index (χ2n) is 3.99. The Kier molecular flexibility index (Phi) is 4.70. The quantitative estimate of drug-likeness (QED) is 0.621. The van der Waals surface area contributed by atoms with Crippen LogP contribution in [0.1, 0.15) is 5.56 Å². The van der Waals surface area contributed by atoms with Crippen LogP contribution in [0.15, 0.2) is 36.4 Å². The first-order chi connectivity index (χ1) is 9.49. The van der Waals surface area contributed by atoms with E-state index < -0.39 is 4.92 Å². The number of nitro groups is 1. The summed E-state index contributed by atoms with van der Waals surface area (Å²) in [5, 5.41) is 15.1. The summed E-state index contributed by atoms with van der Waals surface area (Å²) in [5.41, 5.74) is 1.24. The summed E-state index contributed by atoms with van der Waals surface area (Å²) < 4.78 is 0. The highest BCUT2D eigenvalue weighted by Gasteiger charge is 2.10. The van der Waals surface area contributed by atoms with Crippen molar-refractivity contribution in [3.63, 3.8) is 0 Å². The summed E-state index contributed by atoms with van der Waals surface area (Å²) in [6.07, 6.45) is 0. The Morgan fingerprint density at radius 3 is 2.55 bits per heavy atom. The van der Waals surface area contributed by atoms with E-state index in [1.807, 2.05) is 0 Å². The molecule has 2 aromatic carbocycles. The molecule has 0 saturated carbocycles. The van der Waals surface area contributed by atoms with Crippen LogP contribution < -0.4 is 5.32 Å². The maximum atomic E-state index is 10.7. The van der Waals surface area contributed by atoms with E-state index in [2.05, 4.69) is 5.32 Å². The lowest BCUT2D eigenvalue weighted by Crippen LogP contribution is -2.01. The fourth-order valence-electron chi connectivity index (χ4n) is 1.64. The Balaban J connectivity index is 2.20. The molecule has 0 heterocycles. The van der Waals surface area contributed by atoms with Gasteiger partial charge in [-0.15, -0.1) is 0 Å². The van der Waals surface area contributed by atoms with Crippen molar-refractivity contribution in [3.05, 3.63) is 67.1 Å². The average molecular weight is 332 g/mol. The Morgan fingerprint density at radius 2 is 1.85 bits per heavy atom. The lowest BCUT2D eigenvalue weighted by molar-refractivity contribution is -0.384. The molecule has 0 amide bonds. The molecule has 0 spiro atoms. The van der Waals surface area contributed by atoms with Gasteiger partial charge >= 0.3 is 0 Å². The van der Waals surface area contributed by atoms with Crippen molar-refractivity contribution in [1.29, 1.82) is 0 Å². The Hall–Kier alpha value is -1.49. The highest BCUT2D eigenvalue weighted by atomic mass is 35.5. The minimum Gasteiger partial charge on any atom is -0.380 e. The molecule has 4 nitrogen and oxygen atoms in total. The normalized spacial score (nSPS) is 10.3. The van der Waals surface area contributed by atoms with Gasteiger partial charge in [0.2, 0.25) is 0 Å². The molecular formula is C13H9Cl3N2O2. The van der Waals surface area contributed by atoms with Crippen LogP contribution in [0.4, 0.5) is 11.4 Å². The van der Waals surface area contributed by atoms with Gasteiger partial charge in [-0.05, 0) is 23.8 Å². The molecule has 104 valence electrons. The summed E-state index contributed by atoms with van der Waals surface area (Å²) in [5.74, 6) is 0. The van der Waals surface area contributed by atoms with Crippen LogP contribution in [0.2, 0.25) is 15.1 Å². The van der Waals surface area contributed by atoms with Crippen molar-refractivity contribution >= 4 is 46.2 Å². The minimum absolute atomic E-state index is 0.0107. The highest BCUT2D eigenvalue weighted by Crippen LogP contribution is 2.30. The smallest absolute Gasteiger partial charge is 0.269 e. The van der Waals surface area contributed by atoms with E-state index in [1.165, 1.54) is 18.2 Å². The van der Waals surface area contributed by atoms with Gasteiger partial charge in [-0.25, -0.2) is 0 Å². The van der Waals surface area contributed by atoms with Gasteiger partial charge in [0.1, 0.15) is 0 Å². The van der Waals surface area contributed by atoms with Gasteiger partial charge in [0, 0.05) is 23.7 Å². The van der Waals surface area contributed by atoms with Gasteiger partial charge in [-0.1, -0.05) is 40.9 Å². The number of nitro benzene ring substituents is 1. The van der Waals surface area contributed by atoms with Crippen molar-refractivity contribution in [3.8, 4) is 0 Å². The number of rotatable bonds is 4. The van der Waals surface area contributed by atoms with E-state index in [0.29, 0.717) is 32.9 Å². The fraction of sp³-hybridized carbons (Fsp3) is 0.0769. The molecule has 0 unspecified atom stereocenters. The summed E-state index contributed by atoms with van der Waals surface area (Å²) in [7, 11) is 0. The third kappa shape index (κ3) is 3.33. The molecular weight excluding hydrogens is 323 g/mol. The Morgan fingerprint density at radius 1 is 1.10 bits per heavy atom. The summed E-state index contributed by atoms with van der Waals surface area (Å²) in [6.45, 7) is 0.306. The van der Waals surface area contributed by atoms with Crippen molar-refractivity contribution in [1.82, 2.24) is 0 Å². The first-order valence-electron chi connectivity index (χ1n) is 5.59. The number of non-ortho nitro benzene ring substituents is 1. The number of hydrogen-bond acceptors (Lipinski definition) is 3. The second kappa shape index (κ2) is 6.31. The van der Waals surface area contributed by atoms with Crippen LogP contribution in [0.5, 0.6) is 0 Å². The topological polar surface area (TPSA) is 55.2 Å². The Labute approximate surface area is 130 Å². The maximum absolute atomic E-state index is 10.7. The third-order valence-corrected chi connectivity index (χ3v) is 3.85. The first kappa shape index (κ1) is 14.9. The zero-order valence-electron chi connectivity index (χ0n) is 10.1. The van der Waals surface area contributed by atoms with Gasteiger partial charge in [0.15, 0.2) is 0 Å². The summed E-state index contributed by atoms with van der Waals surface area (Å²) in [4.78, 5) is 10.3. The number of benzene rings is 2. The Bertz CT molecular complexity index is 662. The van der Waals surface area contributed by atoms with Crippen LogP contribution >= 0.6 is 34.8 Å². The molecule has 1 N–H and O–H groups in total. The molecule has 20 heavy (non-hydrogen) atoms. The van der Waals surface area contributed by atoms with Crippen LogP contribution in [0.25, 0.3) is 0 Å². The van der Waals surface area contributed by atoms with E-state index in [1.54, 1.807) is 18.2 Å².